The van der Waals surface area contributed by atoms with Crippen molar-refractivity contribution >= 4 is 137 Å². The van der Waals surface area contributed by atoms with Gasteiger partial charge in [0.15, 0.2) is 0 Å². The van der Waals surface area contributed by atoms with Crippen molar-refractivity contribution in [2.45, 2.75) is 96.2 Å². The average Bonchev–Trinajstić information content (AvgIpc) is 1.72. The Labute approximate surface area is 832 Å². The van der Waals surface area contributed by atoms with Gasteiger partial charge in [-0.25, -0.2) is 48.7 Å². The smallest absolute Gasteiger partial charge is 0.407 e. The Hall–Kier alpha value is -12.1. The third kappa shape index (κ3) is 37.0. The zero-order valence-electron chi connectivity index (χ0n) is 77.3. The van der Waals surface area contributed by atoms with Gasteiger partial charge in [0.1, 0.15) is 67.9 Å². The van der Waals surface area contributed by atoms with E-state index in [9.17, 15) is 4.79 Å². The summed E-state index contributed by atoms with van der Waals surface area (Å²) in [5.74, 6) is 9.23. The molecule has 36 heteroatoms. The Morgan fingerprint density at radius 3 is 1.13 bits per heavy atom. The monoisotopic (exact) mass is 2160 g/mol. The number of thioether (sulfide) groups is 2. The van der Waals surface area contributed by atoms with Crippen LogP contribution < -0.4 is 46.1 Å². The molecular weight excluding hydrogens is 2050 g/mol. The minimum atomic E-state index is -1.25. The molecule has 10 aromatic heterocycles. The van der Waals surface area contributed by atoms with Crippen LogP contribution in [-0.2, 0) is 24.4 Å². The van der Waals surface area contributed by atoms with Crippen molar-refractivity contribution in [2.75, 3.05) is 99.7 Å². The third-order valence-electron chi connectivity index (χ3n) is 19.3. The number of nitrogens with one attached hydrogen (secondary N) is 7. The van der Waals surface area contributed by atoms with E-state index in [4.69, 9.17) is 18.9 Å². The highest BCUT2D eigenvalue weighted by Crippen LogP contribution is 2.28. The van der Waals surface area contributed by atoms with Gasteiger partial charge in [-0.3, -0.25) is 0 Å². The number of hydrogen-bond acceptors (Lipinski definition) is 26. The number of amides is 1. The molecule has 0 saturated heterocycles. The maximum absolute atomic E-state index is 11.8. The van der Waals surface area contributed by atoms with Gasteiger partial charge >= 0.3 is 6.09 Å². The Morgan fingerprint density at radius 2 is 0.806 bits per heavy atom. The van der Waals surface area contributed by atoms with Crippen LogP contribution in [0.25, 0.3) is 45.0 Å². The van der Waals surface area contributed by atoms with E-state index < -0.39 is 19.8 Å². The van der Waals surface area contributed by atoms with Crippen LogP contribution in [0, 0.1) is 32.8 Å². The van der Waals surface area contributed by atoms with Gasteiger partial charge in [-0.05, 0) is 296 Å². The molecule has 0 aliphatic carbocycles. The molecule has 1 amide bonds. The van der Waals surface area contributed by atoms with Crippen molar-refractivity contribution in [3.05, 3.63) is 296 Å². The molecule has 0 fully saturated rings. The highest BCUT2D eigenvalue weighted by atomic mass is 127. The number of rotatable bonds is 32. The molecule has 0 spiro atoms. The Kier molecular flexibility index (Phi) is 42.1. The molecule has 29 nitrogen and oxygen atoms in total. The summed E-state index contributed by atoms with van der Waals surface area (Å²) in [5.41, 5.74) is 16.8. The first-order valence-electron chi connectivity index (χ1n) is 42.9. The molecular formula is C98H112Br3IN24O5S2Si. The van der Waals surface area contributed by atoms with Crippen LogP contribution in [0.2, 0.25) is 19.6 Å². The fourth-order valence-electron chi connectivity index (χ4n) is 12.0. The summed E-state index contributed by atoms with van der Waals surface area (Å²) in [4.78, 5) is 40.2. The van der Waals surface area contributed by atoms with Gasteiger partial charge in [-0.15, -0.1) is 44.4 Å². The molecule has 15 rings (SSSR count). The number of carbonyl (C=O) groups excluding carboxylic acids is 1. The second-order valence-electron chi connectivity index (χ2n) is 32.6. The van der Waals surface area contributed by atoms with Gasteiger partial charge < -0.3 is 50.8 Å². The number of nitrogens with zero attached hydrogens (tertiary/aromatic N) is 17. The van der Waals surface area contributed by atoms with Crippen LogP contribution in [0.5, 0.6) is 17.2 Å². The summed E-state index contributed by atoms with van der Waals surface area (Å²) < 4.78 is 30.1. The van der Waals surface area contributed by atoms with E-state index in [1.54, 1.807) is 94.4 Å². The minimum Gasteiger partial charge on any atom is -0.497 e. The second kappa shape index (κ2) is 54.3. The maximum atomic E-state index is 11.8. The summed E-state index contributed by atoms with van der Waals surface area (Å²) in [6.45, 7) is 25.2. The number of halogens is 4. The topological polar surface area (TPSA) is 337 Å². The van der Waals surface area contributed by atoms with Crippen molar-refractivity contribution in [2.24, 2.45) is 17.8 Å². The third-order valence-corrected chi connectivity index (χ3v) is 23.7. The van der Waals surface area contributed by atoms with E-state index >= 15 is 0 Å². The zero-order chi connectivity index (χ0) is 95.6. The lowest BCUT2D eigenvalue weighted by molar-refractivity contribution is 0.0521. The van der Waals surface area contributed by atoms with Gasteiger partial charge in [0, 0.05) is 129 Å². The predicted molar refractivity (Wildman–Crippen MR) is 561 cm³/mol. The first-order chi connectivity index (χ1) is 64.6. The van der Waals surface area contributed by atoms with Crippen LogP contribution in [0.3, 0.4) is 0 Å². The summed E-state index contributed by atoms with van der Waals surface area (Å²) in [7, 11) is 3.72. The molecule has 7 N–H and O–H groups in total. The largest absolute Gasteiger partial charge is 0.497 e. The molecule has 0 radical (unpaired) electrons. The fourth-order valence-corrected chi connectivity index (χ4v) is 14.4. The van der Waals surface area contributed by atoms with Gasteiger partial charge in [0.05, 0.1) is 82.8 Å². The number of benzene rings is 5. The number of hydrogen-bond donors (Lipinski definition) is 7. The van der Waals surface area contributed by atoms with E-state index in [0.29, 0.717) is 44.6 Å². The van der Waals surface area contributed by atoms with Gasteiger partial charge in [0.2, 0.25) is 0 Å². The Bertz CT molecular complexity index is 5990. The molecule has 3 atom stereocenters. The van der Waals surface area contributed by atoms with Crippen molar-refractivity contribution in [1.82, 2.24) is 95.6 Å². The number of alkyl carbamates (subject to hydrolysis) is 1. The normalized spacial score (nSPS) is 11.4. The zero-order valence-corrected chi connectivity index (χ0v) is 86.9. The van der Waals surface area contributed by atoms with Crippen LogP contribution >= 0.6 is 93.9 Å². The standard InChI is InChI=1S/C26H30N6OS.C24H32N6O3.C18H22N6S.C15H13BrN4O.C10H12BrNSi.C5H3BrIN/c1-19(14-27-22-7-11-24(34-3)12-8-22)15-28-26-13-6-21(16-29-26)25-17-30-31-32(25)18-20-4-9-23(33-2)10-5-20;1-17(13-27-23(31)33-24(2,3)4)12-25-22-11-8-19(14-26-22)21-15-28-29-30(21)16-18-6-9-20(32-5)10-7-18;1-13(9-19-15-4-6-16(25-2)7-5-15)10-20-18-8-3-14(11-21-18)17-12-22-24-23-17;1-21-13-5-2-11(3-6-13)10-20-14(9-18-19-20)12-4-7-15(16)17-8-12;1-13(2,3)7-6-9-4-5-10(11)12-8-9;6-5-2-1-4(7)3-8-5/h4-13,16-17,19,27H,14-15,18H2,1-3H3,(H,28,29);6-11,14-15,17H,12-13,16H2,1-5H3,(H,25,26)(H,27,31);3-8,11-13,19H,9-10H2,1-2H3,(H,20,21)(H,22,23,24);2-9H,10H2,1H3;4-5,8H,1-3H3;1-3H. The molecule has 0 aliphatic rings. The lowest BCUT2D eigenvalue weighted by atomic mass is 10.1. The SMILES string of the molecule is Brc1ccc(I)cn1.COc1ccc(Cn2nncc2-c2ccc(Br)nc2)cc1.COc1ccc(Cn2nncc2-c2ccc(NCC(C)CNC(=O)OC(C)(C)C)nc2)cc1.COc1ccc(Cn2nncc2-c2ccc(NCC(C)CNc3ccc(SC)cc3)nc2)cc1.CSc1ccc(NCC(C)CNc2ccc(-c3cn[nH]n3)cn2)cc1.C[Si](C)(C)C#Cc1ccc(Br)nc1. The quantitative estimate of drug-likeness (QED) is 0.00677. The van der Waals surface area contributed by atoms with Crippen molar-refractivity contribution in [3.63, 3.8) is 0 Å². The van der Waals surface area contributed by atoms with Crippen LogP contribution in [-0.4, -0.2) is 183 Å². The number of ether oxygens (including phenoxy) is 4. The van der Waals surface area contributed by atoms with Crippen LogP contribution in [0.15, 0.2) is 280 Å². The molecule has 0 aliphatic heterocycles. The minimum absolute atomic E-state index is 0.203. The number of aromatic amines is 1. The van der Waals surface area contributed by atoms with Crippen molar-refractivity contribution in [1.29, 1.82) is 0 Å². The first kappa shape index (κ1) is 104. The number of pyridine rings is 6. The lowest BCUT2D eigenvalue weighted by Gasteiger charge is -2.21. The Morgan fingerprint density at radius 1 is 0.440 bits per heavy atom. The van der Waals surface area contributed by atoms with Crippen molar-refractivity contribution < 1.29 is 23.7 Å². The predicted octanol–water partition coefficient (Wildman–Crippen LogP) is 21.7. The number of methoxy groups -OCH3 is 3. The number of H-pyrrole nitrogens is 1. The Balaban J connectivity index is 0.000000174. The van der Waals surface area contributed by atoms with E-state index in [1.165, 1.54) is 9.79 Å². The molecule has 134 heavy (non-hydrogen) atoms. The molecule has 698 valence electrons. The van der Waals surface area contributed by atoms with E-state index in [-0.39, 0.29) is 5.92 Å². The summed E-state index contributed by atoms with van der Waals surface area (Å²) >= 11 is 15.6. The summed E-state index contributed by atoms with van der Waals surface area (Å²) in [5, 5.41) is 55.1. The number of aromatic nitrogens is 18. The molecule has 5 aromatic carbocycles. The van der Waals surface area contributed by atoms with E-state index in [0.717, 1.165) is 157 Å². The van der Waals surface area contributed by atoms with Gasteiger partial charge in [0.25, 0.3) is 0 Å². The molecule has 15 aromatic rings. The maximum Gasteiger partial charge on any atom is 0.407 e. The molecule has 3 unspecified atom stereocenters. The van der Waals surface area contributed by atoms with Gasteiger partial charge in [-0.1, -0.05) is 98.4 Å². The number of anilines is 5. The average molecular weight is 2160 g/mol. The molecule has 10 heterocycles. The highest BCUT2D eigenvalue weighted by Gasteiger charge is 2.19. The van der Waals surface area contributed by atoms with E-state index in [2.05, 4.69) is 291 Å². The summed E-state index contributed by atoms with van der Waals surface area (Å²) in [6, 6.07) is 64.4. The first-order valence-corrected chi connectivity index (χ1v) is 52.3. The van der Waals surface area contributed by atoms with Crippen molar-refractivity contribution in [3.8, 4) is 73.7 Å². The second-order valence-corrected chi connectivity index (χ2v) is 42.8. The fraction of sp³-hybridized carbons (Fsp3) is 0.276. The van der Waals surface area contributed by atoms with Crippen LogP contribution in [0.1, 0.15) is 63.8 Å². The van der Waals surface area contributed by atoms with E-state index in [1.807, 2.05) is 194 Å². The van der Waals surface area contributed by atoms with Gasteiger partial charge in [-0.2, -0.15) is 15.4 Å². The molecule has 0 saturated carbocycles. The summed E-state index contributed by atoms with van der Waals surface area (Å²) in [6.07, 6.45) is 21.6. The molecule has 0 bridgehead atoms. The van der Waals surface area contributed by atoms with Crippen LogP contribution in [0.4, 0.5) is 33.6 Å². The lowest BCUT2D eigenvalue weighted by Crippen LogP contribution is -2.36. The number of carbonyl (C=O) groups is 1. The highest BCUT2D eigenvalue weighted by molar-refractivity contribution is 14.1.